The van der Waals surface area contributed by atoms with Crippen LogP contribution < -0.4 is 0 Å². The van der Waals surface area contributed by atoms with E-state index in [2.05, 4.69) is 19.6 Å². The van der Waals surface area contributed by atoms with Gasteiger partial charge in [0.2, 0.25) is 0 Å². The third-order valence-electron chi connectivity index (χ3n) is 3.43. The SMILES string of the molecule is Cc1ccc(C(=O)C(O[Si](C)(C)C)c2ccc(C)cc2)cc1. The van der Waals surface area contributed by atoms with E-state index in [4.69, 9.17) is 4.43 Å². The molecule has 116 valence electrons. The molecule has 0 heterocycles. The van der Waals surface area contributed by atoms with Gasteiger partial charge in [-0.05, 0) is 39.1 Å². The van der Waals surface area contributed by atoms with Crippen LogP contribution in [-0.4, -0.2) is 14.1 Å². The fraction of sp³-hybridized carbons (Fsp3) is 0.316. The zero-order chi connectivity index (χ0) is 16.3. The van der Waals surface area contributed by atoms with E-state index in [1.165, 1.54) is 5.56 Å². The van der Waals surface area contributed by atoms with Crippen LogP contribution >= 0.6 is 0 Å². The summed E-state index contributed by atoms with van der Waals surface area (Å²) in [6.07, 6.45) is -0.519. The lowest BCUT2D eigenvalue weighted by atomic mass is 9.98. The van der Waals surface area contributed by atoms with Gasteiger partial charge in [-0.2, -0.15) is 0 Å². The first kappa shape index (κ1) is 16.7. The molecule has 0 amide bonds. The number of hydrogen-bond donors (Lipinski definition) is 0. The van der Waals surface area contributed by atoms with Crippen molar-refractivity contribution in [3.63, 3.8) is 0 Å². The third kappa shape index (κ3) is 4.39. The van der Waals surface area contributed by atoms with Gasteiger partial charge in [-0.15, -0.1) is 0 Å². The van der Waals surface area contributed by atoms with Gasteiger partial charge < -0.3 is 4.43 Å². The average Bonchev–Trinajstić information content (AvgIpc) is 2.45. The standard InChI is InChI=1S/C19H24O2Si/c1-14-6-10-16(11-7-14)18(20)19(21-22(3,4)5)17-12-8-15(2)9-13-17/h6-13,19H,1-5H3. The predicted octanol–water partition coefficient (Wildman–Crippen LogP) is 5.08. The summed E-state index contributed by atoms with van der Waals surface area (Å²) < 4.78 is 6.20. The number of ketones is 1. The van der Waals surface area contributed by atoms with E-state index in [0.29, 0.717) is 5.56 Å². The van der Waals surface area contributed by atoms with Gasteiger partial charge in [-0.1, -0.05) is 59.7 Å². The Hall–Kier alpha value is -1.71. The van der Waals surface area contributed by atoms with Gasteiger partial charge >= 0.3 is 0 Å². The number of carbonyl (C=O) groups is 1. The van der Waals surface area contributed by atoms with Crippen LogP contribution in [0.15, 0.2) is 48.5 Å². The molecular weight excluding hydrogens is 288 g/mol. The summed E-state index contributed by atoms with van der Waals surface area (Å²) >= 11 is 0. The lowest BCUT2D eigenvalue weighted by Gasteiger charge is -2.26. The Balaban J connectivity index is 2.37. The average molecular weight is 312 g/mol. The molecule has 0 bridgehead atoms. The second kappa shape index (κ2) is 6.59. The number of hydrogen-bond acceptors (Lipinski definition) is 2. The number of carbonyl (C=O) groups excluding carboxylic acids is 1. The fourth-order valence-electron chi connectivity index (χ4n) is 2.24. The van der Waals surface area contributed by atoms with E-state index in [1.54, 1.807) is 0 Å². The maximum absolute atomic E-state index is 12.9. The number of Topliss-reactive ketones (excluding diaryl/α,β-unsaturated/α-hetero) is 1. The number of benzene rings is 2. The Labute approximate surface area is 134 Å². The van der Waals surface area contributed by atoms with Gasteiger partial charge in [0.25, 0.3) is 0 Å². The van der Waals surface area contributed by atoms with Crippen molar-refractivity contribution in [1.82, 2.24) is 0 Å². The summed E-state index contributed by atoms with van der Waals surface area (Å²) in [4.78, 5) is 12.9. The molecule has 2 aromatic rings. The Kier molecular flexibility index (Phi) is 4.99. The molecule has 0 spiro atoms. The highest BCUT2D eigenvalue weighted by Crippen LogP contribution is 2.27. The Morgan fingerprint density at radius 2 is 1.32 bits per heavy atom. The molecule has 0 N–H and O–H groups in total. The molecule has 3 heteroatoms. The van der Waals surface area contributed by atoms with E-state index in [-0.39, 0.29) is 5.78 Å². The molecular formula is C19H24O2Si. The summed E-state index contributed by atoms with van der Waals surface area (Å²) in [6.45, 7) is 10.4. The highest BCUT2D eigenvalue weighted by Gasteiger charge is 2.28. The summed E-state index contributed by atoms with van der Waals surface area (Å²) in [5.41, 5.74) is 3.96. The monoisotopic (exact) mass is 312 g/mol. The van der Waals surface area contributed by atoms with Gasteiger partial charge in [-0.3, -0.25) is 4.79 Å². The summed E-state index contributed by atoms with van der Waals surface area (Å²) in [5.74, 6) is 0.0336. The quantitative estimate of drug-likeness (QED) is 0.568. The molecule has 0 saturated carbocycles. The largest absolute Gasteiger partial charge is 0.403 e. The van der Waals surface area contributed by atoms with Gasteiger partial charge in [0.1, 0.15) is 6.10 Å². The van der Waals surface area contributed by atoms with Gasteiger partial charge in [0.05, 0.1) is 0 Å². The number of aryl methyl sites for hydroxylation is 2. The van der Waals surface area contributed by atoms with E-state index in [0.717, 1.165) is 11.1 Å². The van der Waals surface area contributed by atoms with Gasteiger partial charge in [0, 0.05) is 5.56 Å². The second-order valence-corrected chi connectivity index (χ2v) is 11.2. The molecule has 2 nitrogen and oxygen atoms in total. The van der Waals surface area contributed by atoms with Gasteiger partial charge in [-0.25, -0.2) is 0 Å². The zero-order valence-corrected chi connectivity index (χ0v) is 15.0. The molecule has 1 atom stereocenters. The minimum Gasteiger partial charge on any atom is -0.403 e. The van der Waals surface area contributed by atoms with Crippen LogP contribution in [0.2, 0.25) is 19.6 Å². The second-order valence-electron chi connectivity index (χ2n) is 6.75. The van der Waals surface area contributed by atoms with Crippen molar-refractivity contribution < 1.29 is 9.22 Å². The molecule has 0 aliphatic carbocycles. The Morgan fingerprint density at radius 3 is 1.77 bits per heavy atom. The minimum absolute atomic E-state index is 0.0336. The molecule has 0 aromatic heterocycles. The van der Waals surface area contributed by atoms with Crippen LogP contribution in [0.5, 0.6) is 0 Å². The smallest absolute Gasteiger partial charge is 0.194 e. The molecule has 22 heavy (non-hydrogen) atoms. The van der Waals surface area contributed by atoms with Crippen LogP contribution in [0, 0.1) is 13.8 Å². The highest BCUT2D eigenvalue weighted by molar-refractivity contribution is 6.69. The first-order valence-corrected chi connectivity index (χ1v) is 11.0. The molecule has 1 unspecified atom stereocenters. The molecule has 2 rings (SSSR count). The maximum Gasteiger partial charge on any atom is 0.194 e. The molecule has 0 radical (unpaired) electrons. The normalized spacial score (nSPS) is 13.0. The van der Waals surface area contributed by atoms with Crippen molar-refractivity contribution in [2.45, 2.75) is 39.6 Å². The lowest BCUT2D eigenvalue weighted by molar-refractivity contribution is 0.0779. The molecule has 0 saturated heterocycles. The first-order valence-electron chi connectivity index (χ1n) is 7.61. The zero-order valence-electron chi connectivity index (χ0n) is 14.0. The lowest BCUT2D eigenvalue weighted by Crippen LogP contribution is -2.31. The van der Waals surface area contributed by atoms with Gasteiger partial charge in [0.15, 0.2) is 14.1 Å². The summed E-state index contributed by atoms with van der Waals surface area (Å²) in [6, 6.07) is 15.7. The van der Waals surface area contributed by atoms with Crippen molar-refractivity contribution in [2.75, 3.05) is 0 Å². The summed E-state index contributed by atoms with van der Waals surface area (Å²) in [7, 11) is -1.84. The van der Waals surface area contributed by atoms with Crippen molar-refractivity contribution in [3.8, 4) is 0 Å². The van der Waals surface area contributed by atoms with Crippen molar-refractivity contribution in [1.29, 1.82) is 0 Å². The van der Waals surface area contributed by atoms with Crippen LogP contribution in [0.1, 0.15) is 33.2 Å². The van der Waals surface area contributed by atoms with Crippen LogP contribution in [-0.2, 0) is 4.43 Å². The van der Waals surface area contributed by atoms with E-state index in [9.17, 15) is 4.79 Å². The van der Waals surface area contributed by atoms with Crippen molar-refractivity contribution >= 4 is 14.1 Å². The van der Waals surface area contributed by atoms with Crippen molar-refractivity contribution in [2.24, 2.45) is 0 Å². The van der Waals surface area contributed by atoms with Crippen LogP contribution in [0.25, 0.3) is 0 Å². The molecule has 2 aromatic carbocycles. The number of rotatable bonds is 5. The molecule has 0 aliphatic rings. The molecule has 0 aliphatic heterocycles. The Morgan fingerprint density at radius 1 is 0.864 bits per heavy atom. The Bertz CT molecular complexity index is 637. The third-order valence-corrected chi connectivity index (χ3v) is 4.37. The fourth-order valence-corrected chi connectivity index (χ4v) is 3.19. The van der Waals surface area contributed by atoms with Crippen molar-refractivity contribution in [3.05, 3.63) is 70.8 Å². The maximum atomic E-state index is 12.9. The molecule has 0 fully saturated rings. The highest BCUT2D eigenvalue weighted by atomic mass is 28.4. The van der Waals surface area contributed by atoms with Crippen LogP contribution in [0.3, 0.4) is 0 Å². The summed E-state index contributed by atoms with van der Waals surface area (Å²) in [5, 5.41) is 0. The first-order chi connectivity index (χ1) is 10.3. The van der Waals surface area contributed by atoms with E-state index < -0.39 is 14.4 Å². The topological polar surface area (TPSA) is 26.3 Å². The van der Waals surface area contributed by atoms with E-state index >= 15 is 0 Å². The van der Waals surface area contributed by atoms with Crippen LogP contribution in [0.4, 0.5) is 0 Å². The van der Waals surface area contributed by atoms with E-state index in [1.807, 2.05) is 62.4 Å². The predicted molar refractivity (Wildman–Crippen MR) is 93.9 cm³/mol. The minimum atomic E-state index is -1.84.